The highest BCUT2D eigenvalue weighted by Crippen LogP contribution is 2.29. The van der Waals surface area contributed by atoms with E-state index in [1.807, 2.05) is 6.08 Å². The molecule has 2 saturated carbocycles. The van der Waals surface area contributed by atoms with Crippen LogP contribution in [0.3, 0.4) is 0 Å². The second-order valence-electron chi connectivity index (χ2n) is 10.7. The summed E-state index contributed by atoms with van der Waals surface area (Å²) in [4.78, 5) is 10.9. The molecule has 0 bridgehead atoms. The number of carboxylic acid groups (broad SMARTS) is 1. The van der Waals surface area contributed by atoms with Gasteiger partial charge in [-0.1, -0.05) is 76.7 Å². The zero-order valence-corrected chi connectivity index (χ0v) is 21.5. The first-order valence-electron chi connectivity index (χ1n) is 14.2. The molecule has 0 spiro atoms. The first kappa shape index (κ1) is 28.4. The fourth-order valence-electron chi connectivity index (χ4n) is 5.69. The Kier molecular flexibility index (Phi) is 15.1. The minimum absolute atomic E-state index is 0.115. The number of hydrogen-bond donors (Lipinski definition) is 1. The third-order valence-corrected chi connectivity index (χ3v) is 7.84. The van der Waals surface area contributed by atoms with Crippen molar-refractivity contribution in [2.24, 2.45) is 5.92 Å². The lowest BCUT2D eigenvalue weighted by Gasteiger charge is -2.31. The Morgan fingerprint density at radius 1 is 0.818 bits per heavy atom. The Hall–Kier alpha value is -0.870. The van der Waals surface area contributed by atoms with Gasteiger partial charge in [-0.2, -0.15) is 0 Å². The fourth-order valence-corrected chi connectivity index (χ4v) is 5.69. The van der Waals surface area contributed by atoms with Crippen LogP contribution in [0.15, 0.2) is 12.7 Å². The van der Waals surface area contributed by atoms with Gasteiger partial charge in [-0.05, 0) is 64.2 Å². The minimum atomic E-state index is -0.690. The summed E-state index contributed by atoms with van der Waals surface area (Å²) in [6, 6.07) is 0. The maximum absolute atomic E-state index is 10.9. The molecule has 3 atom stereocenters. The molecule has 2 rings (SSSR count). The van der Waals surface area contributed by atoms with Crippen LogP contribution in [0.2, 0.25) is 0 Å². The summed E-state index contributed by atoms with van der Waals surface area (Å²) in [5, 5.41) is 9.00. The minimum Gasteiger partial charge on any atom is -0.481 e. The summed E-state index contributed by atoms with van der Waals surface area (Å²) in [5.41, 5.74) is 0. The van der Waals surface area contributed by atoms with Crippen LogP contribution in [0.5, 0.6) is 0 Å². The smallest absolute Gasteiger partial charge is 0.303 e. The van der Waals surface area contributed by atoms with Gasteiger partial charge in [-0.25, -0.2) is 0 Å². The lowest BCUT2D eigenvalue weighted by atomic mass is 9.89. The molecule has 0 aromatic carbocycles. The van der Waals surface area contributed by atoms with Crippen LogP contribution in [0, 0.1) is 5.92 Å². The number of aliphatic carboxylic acids is 1. The number of carboxylic acids is 1. The van der Waals surface area contributed by atoms with E-state index in [1.54, 1.807) is 0 Å². The van der Waals surface area contributed by atoms with Gasteiger partial charge in [0.2, 0.25) is 0 Å². The highest BCUT2D eigenvalue weighted by molar-refractivity contribution is 5.66. The molecule has 0 heterocycles. The Balaban J connectivity index is 1.87. The van der Waals surface area contributed by atoms with E-state index in [0.717, 1.165) is 32.1 Å². The van der Waals surface area contributed by atoms with Crippen molar-refractivity contribution in [2.75, 3.05) is 0 Å². The second-order valence-corrected chi connectivity index (χ2v) is 10.7. The van der Waals surface area contributed by atoms with Crippen molar-refractivity contribution in [3.8, 4) is 0 Å². The number of ether oxygens (including phenoxy) is 2. The van der Waals surface area contributed by atoms with Crippen molar-refractivity contribution >= 4 is 5.97 Å². The van der Waals surface area contributed by atoms with Gasteiger partial charge in [0.15, 0.2) is 0 Å². The number of rotatable bonds is 14. The van der Waals surface area contributed by atoms with Gasteiger partial charge in [0.05, 0.1) is 24.4 Å². The third kappa shape index (κ3) is 13.0. The van der Waals surface area contributed by atoms with Gasteiger partial charge in [0.1, 0.15) is 0 Å². The van der Waals surface area contributed by atoms with Crippen LogP contribution in [0.1, 0.15) is 135 Å². The molecule has 0 aromatic rings. The van der Waals surface area contributed by atoms with Crippen LogP contribution < -0.4 is 0 Å². The topological polar surface area (TPSA) is 55.8 Å². The summed E-state index contributed by atoms with van der Waals surface area (Å²) < 4.78 is 13.1. The van der Waals surface area contributed by atoms with Gasteiger partial charge in [-0.15, -0.1) is 6.58 Å². The van der Waals surface area contributed by atoms with E-state index >= 15 is 0 Å². The van der Waals surface area contributed by atoms with Crippen molar-refractivity contribution in [3.63, 3.8) is 0 Å². The van der Waals surface area contributed by atoms with Crippen molar-refractivity contribution in [2.45, 2.75) is 160 Å². The summed E-state index contributed by atoms with van der Waals surface area (Å²) in [5.74, 6) is -0.239. The molecule has 4 nitrogen and oxygen atoms in total. The van der Waals surface area contributed by atoms with Crippen molar-refractivity contribution in [1.29, 1.82) is 0 Å². The molecule has 1 N–H and O–H groups in total. The van der Waals surface area contributed by atoms with E-state index in [9.17, 15) is 4.79 Å². The van der Waals surface area contributed by atoms with E-state index in [-0.39, 0.29) is 18.6 Å². The van der Waals surface area contributed by atoms with Crippen molar-refractivity contribution in [1.82, 2.24) is 0 Å². The van der Waals surface area contributed by atoms with E-state index in [0.29, 0.717) is 18.1 Å². The lowest BCUT2D eigenvalue weighted by Crippen LogP contribution is -2.29. The van der Waals surface area contributed by atoms with E-state index in [4.69, 9.17) is 14.6 Å². The Morgan fingerprint density at radius 3 is 1.85 bits per heavy atom. The molecule has 33 heavy (non-hydrogen) atoms. The van der Waals surface area contributed by atoms with Gasteiger partial charge < -0.3 is 14.6 Å². The summed E-state index contributed by atoms with van der Waals surface area (Å²) in [7, 11) is 0. The van der Waals surface area contributed by atoms with Crippen molar-refractivity contribution in [3.05, 3.63) is 12.7 Å². The number of unbranched alkanes of at least 4 members (excludes halogenated alkanes) is 1. The Labute approximate surface area is 203 Å². The van der Waals surface area contributed by atoms with Crippen LogP contribution in [-0.4, -0.2) is 35.5 Å². The first-order chi connectivity index (χ1) is 16.1. The molecule has 2 aliphatic carbocycles. The van der Waals surface area contributed by atoms with Crippen LogP contribution in [0.25, 0.3) is 0 Å². The molecule has 0 saturated heterocycles. The van der Waals surface area contributed by atoms with Crippen LogP contribution in [0.4, 0.5) is 0 Å². The molecule has 4 heteroatoms. The predicted octanol–water partition coefficient (Wildman–Crippen LogP) is 8.23. The summed E-state index contributed by atoms with van der Waals surface area (Å²) in [6.07, 6.45) is 26.2. The molecule has 0 aliphatic heterocycles. The molecule has 0 radical (unpaired) electrons. The molecular formula is C29H52O4. The maximum atomic E-state index is 10.9. The third-order valence-electron chi connectivity index (χ3n) is 7.84. The average molecular weight is 465 g/mol. The monoisotopic (exact) mass is 464 g/mol. The zero-order valence-electron chi connectivity index (χ0n) is 21.5. The lowest BCUT2D eigenvalue weighted by molar-refractivity contribution is -0.137. The quantitative estimate of drug-likeness (QED) is 0.208. The molecule has 0 aromatic heterocycles. The standard InChI is InChI=1S/C29H52O4/c1-3-26(33-28-19-12-8-5-9-13-20-28)23-22-25(16-14-15-21-29(30)31)24(2)32-27-17-10-6-4-7-11-18-27/h3,24-28H,1,4-23H2,2H3,(H,30,31)/t24-,25-,26?/m1/s1. The maximum Gasteiger partial charge on any atom is 0.303 e. The molecule has 192 valence electrons. The second kappa shape index (κ2) is 17.5. The van der Waals surface area contributed by atoms with Gasteiger partial charge in [0.25, 0.3) is 0 Å². The average Bonchev–Trinajstić information content (AvgIpc) is 2.75. The molecule has 0 amide bonds. The largest absolute Gasteiger partial charge is 0.481 e. The van der Waals surface area contributed by atoms with E-state index < -0.39 is 5.97 Å². The molecule has 2 fully saturated rings. The van der Waals surface area contributed by atoms with Gasteiger partial charge >= 0.3 is 5.97 Å². The zero-order chi connectivity index (χ0) is 23.7. The summed E-state index contributed by atoms with van der Waals surface area (Å²) in [6.45, 7) is 6.33. The van der Waals surface area contributed by atoms with Crippen molar-refractivity contribution < 1.29 is 19.4 Å². The Morgan fingerprint density at radius 2 is 1.33 bits per heavy atom. The number of hydrogen-bond acceptors (Lipinski definition) is 3. The highest BCUT2D eigenvalue weighted by atomic mass is 16.5. The SMILES string of the molecule is C=CC(CC[C@@H](CCCCC(=O)O)[C@@H](C)OC1CCCCCCC1)OC1CCCCCCC1. The first-order valence-corrected chi connectivity index (χ1v) is 14.2. The molecular weight excluding hydrogens is 412 g/mol. The van der Waals surface area contributed by atoms with Gasteiger partial charge in [-0.3, -0.25) is 4.79 Å². The number of carbonyl (C=O) groups is 1. The van der Waals surface area contributed by atoms with E-state index in [1.165, 1.54) is 89.9 Å². The fraction of sp³-hybridized carbons (Fsp3) is 0.897. The van der Waals surface area contributed by atoms with Crippen LogP contribution in [-0.2, 0) is 14.3 Å². The molecule has 1 unspecified atom stereocenters. The van der Waals surface area contributed by atoms with Crippen LogP contribution >= 0.6 is 0 Å². The molecule has 2 aliphatic rings. The van der Waals surface area contributed by atoms with Gasteiger partial charge in [0, 0.05) is 6.42 Å². The highest BCUT2D eigenvalue weighted by Gasteiger charge is 2.24. The predicted molar refractivity (Wildman–Crippen MR) is 137 cm³/mol. The Bertz CT molecular complexity index is 504. The van der Waals surface area contributed by atoms with E-state index in [2.05, 4.69) is 13.5 Å². The summed E-state index contributed by atoms with van der Waals surface area (Å²) >= 11 is 0. The normalized spacial score (nSPS) is 22.3.